The first-order valence-corrected chi connectivity index (χ1v) is 5.09. The van der Waals surface area contributed by atoms with E-state index in [4.69, 9.17) is 4.74 Å². The molecular weight excluding hydrogens is 166 g/mol. The Labute approximate surface area is 80.1 Å². The van der Waals surface area contributed by atoms with E-state index in [0.717, 1.165) is 6.42 Å². The third-order valence-electron chi connectivity index (χ3n) is 2.56. The van der Waals surface area contributed by atoms with Gasteiger partial charge >= 0.3 is 5.97 Å². The van der Waals surface area contributed by atoms with E-state index in [1.54, 1.807) is 0 Å². The fourth-order valence-electron chi connectivity index (χ4n) is 1.60. The van der Waals surface area contributed by atoms with Crippen LogP contribution in [0.2, 0.25) is 0 Å². The van der Waals surface area contributed by atoms with Crippen LogP contribution >= 0.6 is 0 Å². The summed E-state index contributed by atoms with van der Waals surface area (Å²) >= 11 is 0. The SMILES string of the molecule is CCOC(=O)C(CC)N(C)C1CC1. The lowest BCUT2D eigenvalue weighted by Crippen LogP contribution is -2.40. The first kappa shape index (κ1) is 10.5. The Hall–Kier alpha value is -0.570. The number of nitrogens with zero attached hydrogens (tertiary/aromatic N) is 1. The molecule has 0 N–H and O–H groups in total. The van der Waals surface area contributed by atoms with Crippen LogP contribution in [0.3, 0.4) is 0 Å². The zero-order valence-corrected chi connectivity index (χ0v) is 8.75. The predicted octanol–water partition coefficient (Wildman–Crippen LogP) is 1.42. The summed E-state index contributed by atoms with van der Waals surface area (Å²) < 4.78 is 5.01. The van der Waals surface area contributed by atoms with Crippen LogP contribution in [0.25, 0.3) is 0 Å². The number of carbonyl (C=O) groups is 1. The smallest absolute Gasteiger partial charge is 0.323 e. The van der Waals surface area contributed by atoms with Crippen molar-refractivity contribution in [1.29, 1.82) is 0 Å². The van der Waals surface area contributed by atoms with Crippen LogP contribution in [0.5, 0.6) is 0 Å². The highest BCUT2D eigenvalue weighted by molar-refractivity contribution is 5.75. The average molecular weight is 185 g/mol. The summed E-state index contributed by atoms with van der Waals surface area (Å²) in [6.07, 6.45) is 3.30. The summed E-state index contributed by atoms with van der Waals surface area (Å²) in [7, 11) is 2.02. The summed E-state index contributed by atoms with van der Waals surface area (Å²) in [6, 6.07) is 0.585. The summed E-state index contributed by atoms with van der Waals surface area (Å²) in [5.41, 5.74) is 0. The van der Waals surface area contributed by atoms with Gasteiger partial charge in [-0.15, -0.1) is 0 Å². The normalized spacial score (nSPS) is 18.8. The van der Waals surface area contributed by atoms with E-state index in [-0.39, 0.29) is 12.0 Å². The minimum absolute atomic E-state index is 0.0348. The maximum Gasteiger partial charge on any atom is 0.323 e. The number of carbonyl (C=O) groups excluding carboxylic acids is 1. The van der Waals surface area contributed by atoms with Crippen molar-refractivity contribution in [2.24, 2.45) is 0 Å². The van der Waals surface area contributed by atoms with Gasteiger partial charge in [-0.3, -0.25) is 9.69 Å². The number of esters is 1. The fraction of sp³-hybridized carbons (Fsp3) is 0.900. The molecule has 3 heteroatoms. The van der Waals surface area contributed by atoms with Gasteiger partial charge in [0.05, 0.1) is 6.61 Å². The van der Waals surface area contributed by atoms with Crippen molar-refractivity contribution >= 4 is 5.97 Å². The third-order valence-corrected chi connectivity index (χ3v) is 2.56. The van der Waals surface area contributed by atoms with E-state index in [2.05, 4.69) is 4.90 Å². The number of hydrogen-bond donors (Lipinski definition) is 0. The molecule has 13 heavy (non-hydrogen) atoms. The van der Waals surface area contributed by atoms with E-state index in [1.165, 1.54) is 12.8 Å². The molecule has 0 aliphatic heterocycles. The van der Waals surface area contributed by atoms with Gasteiger partial charge in [-0.25, -0.2) is 0 Å². The molecule has 1 aliphatic rings. The molecule has 0 aromatic rings. The summed E-state index contributed by atoms with van der Waals surface area (Å²) in [5.74, 6) is -0.0700. The minimum Gasteiger partial charge on any atom is -0.465 e. The van der Waals surface area contributed by atoms with Crippen LogP contribution < -0.4 is 0 Å². The highest BCUT2D eigenvalue weighted by Gasteiger charge is 2.34. The lowest BCUT2D eigenvalue weighted by atomic mass is 10.2. The Kier molecular flexibility index (Phi) is 3.72. The van der Waals surface area contributed by atoms with Crippen molar-refractivity contribution in [2.45, 2.75) is 45.2 Å². The van der Waals surface area contributed by atoms with Gasteiger partial charge in [-0.05, 0) is 33.2 Å². The molecule has 1 saturated carbocycles. The Morgan fingerprint density at radius 3 is 2.54 bits per heavy atom. The molecular formula is C10H19NO2. The van der Waals surface area contributed by atoms with Crippen molar-refractivity contribution in [3.8, 4) is 0 Å². The quantitative estimate of drug-likeness (QED) is 0.607. The molecule has 76 valence electrons. The molecule has 0 bridgehead atoms. The van der Waals surface area contributed by atoms with Gasteiger partial charge in [0, 0.05) is 6.04 Å². The van der Waals surface area contributed by atoms with Gasteiger partial charge < -0.3 is 4.74 Å². The van der Waals surface area contributed by atoms with Crippen LogP contribution in [0, 0.1) is 0 Å². The molecule has 0 aromatic carbocycles. The summed E-state index contributed by atoms with van der Waals surface area (Å²) in [6.45, 7) is 4.36. The number of likely N-dealkylation sites (N-methyl/N-ethyl adjacent to an activating group) is 1. The maximum atomic E-state index is 11.5. The number of hydrogen-bond acceptors (Lipinski definition) is 3. The Morgan fingerprint density at radius 1 is 1.54 bits per heavy atom. The van der Waals surface area contributed by atoms with E-state index in [9.17, 15) is 4.79 Å². The molecule has 0 aromatic heterocycles. The first-order valence-electron chi connectivity index (χ1n) is 5.09. The monoisotopic (exact) mass is 185 g/mol. The highest BCUT2D eigenvalue weighted by atomic mass is 16.5. The average Bonchev–Trinajstić information content (AvgIpc) is 2.88. The van der Waals surface area contributed by atoms with Gasteiger partial charge in [0.1, 0.15) is 6.04 Å². The predicted molar refractivity (Wildman–Crippen MR) is 51.5 cm³/mol. The van der Waals surface area contributed by atoms with Crippen molar-refractivity contribution < 1.29 is 9.53 Å². The molecule has 1 atom stereocenters. The molecule has 0 radical (unpaired) electrons. The molecule has 1 unspecified atom stereocenters. The van der Waals surface area contributed by atoms with Crippen molar-refractivity contribution in [2.75, 3.05) is 13.7 Å². The van der Waals surface area contributed by atoms with Gasteiger partial charge in [0.2, 0.25) is 0 Å². The standard InChI is InChI=1S/C10H19NO2/c1-4-9(10(12)13-5-2)11(3)8-6-7-8/h8-9H,4-7H2,1-3H3. The maximum absolute atomic E-state index is 11.5. The molecule has 1 fully saturated rings. The Balaban J connectivity index is 2.44. The molecule has 0 saturated heterocycles. The Morgan fingerprint density at radius 2 is 2.15 bits per heavy atom. The van der Waals surface area contributed by atoms with E-state index in [0.29, 0.717) is 12.6 Å². The minimum atomic E-state index is -0.0700. The number of ether oxygens (including phenoxy) is 1. The largest absolute Gasteiger partial charge is 0.465 e. The van der Waals surface area contributed by atoms with Crippen LogP contribution in [-0.4, -0.2) is 36.6 Å². The Bertz CT molecular complexity index is 178. The molecule has 1 aliphatic carbocycles. The molecule has 1 rings (SSSR count). The summed E-state index contributed by atoms with van der Waals surface area (Å²) in [4.78, 5) is 13.6. The fourth-order valence-corrected chi connectivity index (χ4v) is 1.60. The third kappa shape index (κ3) is 2.69. The number of rotatable bonds is 5. The van der Waals surface area contributed by atoms with E-state index < -0.39 is 0 Å². The van der Waals surface area contributed by atoms with E-state index >= 15 is 0 Å². The second-order valence-corrected chi connectivity index (χ2v) is 3.57. The lowest BCUT2D eigenvalue weighted by Gasteiger charge is -2.24. The second-order valence-electron chi connectivity index (χ2n) is 3.57. The van der Waals surface area contributed by atoms with Crippen LogP contribution in [0.15, 0.2) is 0 Å². The molecule has 0 heterocycles. The summed E-state index contributed by atoms with van der Waals surface area (Å²) in [5, 5.41) is 0. The van der Waals surface area contributed by atoms with Crippen LogP contribution in [-0.2, 0) is 9.53 Å². The highest BCUT2D eigenvalue weighted by Crippen LogP contribution is 2.28. The van der Waals surface area contributed by atoms with Crippen molar-refractivity contribution in [3.63, 3.8) is 0 Å². The van der Waals surface area contributed by atoms with Gasteiger partial charge in [0.25, 0.3) is 0 Å². The first-order chi connectivity index (χ1) is 6.20. The van der Waals surface area contributed by atoms with Gasteiger partial charge in [-0.1, -0.05) is 6.92 Å². The van der Waals surface area contributed by atoms with Gasteiger partial charge in [-0.2, -0.15) is 0 Å². The zero-order valence-electron chi connectivity index (χ0n) is 8.75. The second kappa shape index (κ2) is 4.61. The lowest BCUT2D eigenvalue weighted by molar-refractivity contribution is -0.149. The van der Waals surface area contributed by atoms with Crippen molar-refractivity contribution in [3.05, 3.63) is 0 Å². The van der Waals surface area contributed by atoms with E-state index in [1.807, 2.05) is 20.9 Å². The zero-order chi connectivity index (χ0) is 9.84. The molecule has 3 nitrogen and oxygen atoms in total. The van der Waals surface area contributed by atoms with Crippen LogP contribution in [0.4, 0.5) is 0 Å². The van der Waals surface area contributed by atoms with Gasteiger partial charge in [0.15, 0.2) is 0 Å². The molecule has 0 spiro atoms. The topological polar surface area (TPSA) is 29.5 Å². The molecule has 0 amide bonds. The van der Waals surface area contributed by atoms with Crippen molar-refractivity contribution in [1.82, 2.24) is 4.90 Å². The van der Waals surface area contributed by atoms with Crippen LogP contribution in [0.1, 0.15) is 33.1 Å².